The van der Waals surface area contributed by atoms with E-state index in [2.05, 4.69) is 207 Å². The Hall–Kier alpha value is -7.42. The first kappa shape index (κ1) is 36.9. The summed E-state index contributed by atoms with van der Waals surface area (Å²) in [6, 6.07) is 69.4. The number of hydrogen-bond acceptors (Lipinski definition) is 2. The third-order valence-electron chi connectivity index (χ3n) is 12.9. The van der Waals surface area contributed by atoms with Crippen LogP contribution in [0.3, 0.4) is 0 Å². The first-order valence-electron chi connectivity index (χ1n) is 20.7. The van der Waals surface area contributed by atoms with Crippen LogP contribution < -0.4 is 0 Å². The van der Waals surface area contributed by atoms with Crippen LogP contribution >= 0.6 is 0 Å². The highest BCUT2D eigenvalue weighted by Crippen LogP contribution is 2.67. The molecule has 0 atom stereocenters. The molecule has 0 saturated heterocycles. The number of aliphatic imine (C=N–C) groups is 1. The maximum absolute atomic E-state index is 7.50. The van der Waals surface area contributed by atoms with Crippen LogP contribution in [0.4, 0.5) is 0 Å². The standard InChI is InChI=1S/C39H26.C10H8.C9H10N2/c1-25-13-12-24-36-37(25)39(32-20-8-4-16-28(32)29-17-5-9-21-33(29)39)35-23-11-10-22-34(35)38(36)30-18-6-2-14-26(30)27-15-3-7-19-31(27)38;1-2-6-10-8-4-3-7-9(10)5-1;1-7(11-2)8-5-3-4-6-9(8)10/h2-24H,1H3;1-8H;3-6,10H,2H2,1H3/b;;8-7-,10-9?. The lowest BCUT2D eigenvalue weighted by molar-refractivity contribution is 0.629. The number of nitrogens with zero attached hydrogens (tertiary/aromatic N) is 1. The van der Waals surface area contributed by atoms with E-state index in [1.807, 2.05) is 25.2 Å². The number of rotatable bonds is 1. The zero-order chi connectivity index (χ0) is 40.8. The van der Waals surface area contributed by atoms with Gasteiger partial charge in [0, 0.05) is 11.3 Å². The first-order chi connectivity index (χ1) is 29.5. The third-order valence-corrected chi connectivity index (χ3v) is 12.9. The minimum absolute atomic E-state index is 0.372. The molecule has 0 aromatic heterocycles. The zero-order valence-electron chi connectivity index (χ0n) is 33.9. The fraction of sp³-hybridized carbons (Fsp3) is 0.0690. The molecule has 286 valence electrons. The van der Waals surface area contributed by atoms with E-state index >= 15 is 0 Å². The highest BCUT2D eigenvalue weighted by molar-refractivity contribution is 6.10. The Labute approximate surface area is 352 Å². The highest BCUT2D eigenvalue weighted by atomic mass is 14.7. The van der Waals surface area contributed by atoms with Crippen molar-refractivity contribution in [3.05, 3.63) is 274 Å². The van der Waals surface area contributed by atoms with Crippen molar-refractivity contribution in [1.82, 2.24) is 0 Å². The molecule has 2 spiro atoms. The van der Waals surface area contributed by atoms with Crippen LogP contribution in [0.2, 0.25) is 0 Å². The first-order valence-corrected chi connectivity index (χ1v) is 20.7. The molecule has 0 bridgehead atoms. The van der Waals surface area contributed by atoms with E-state index in [0.717, 1.165) is 11.3 Å². The molecule has 0 fully saturated rings. The molecule has 2 heteroatoms. The summed E-state index contributed by atoms with van der Waals surface area (Å²) in [7, 11) is 0. The van der Waals surface area contributed by atoms with Gasteiger partial charge in [0.1, 0.15) is 0 Å². The fourth-order valence-electron chi connectivity index (χ4n) is 10.5. The van der Waals surface area contributed by atoms with Gasteiger partial charge >= 0.3 is 0 Å². The molecule has 0 unspecified atom stereocenters. The van der Waals surface area contributed by atoms with E-state index in [-0.39, 0.29) is 10.8 Å². The Morgan fingerprint density at radius 2 is 0.800 bits per heavy atom. The van der Waals surface area contributed by atoms with Crippen molar-refractivity contribution >= 4 is 23.2 Å². The Balaban J connectivity index is 0.000000168. The number of nitrogens with one attached hydrogen (secondary N) is 1. The van der Waals surface area contributed by atoms with Gasteiger partial charge in [0.2, 0.25) is 0 Å². The van der Waals surface area contributed by atoms with Gasteiger partial charge in [-0.25, -0.2) is 0 Å². The zero-order valence-corrected chi connectivity index (χ0v) is 33.9. The van der Waals surface area contributed by atoms with E-state index in [4.69, 9.17) is 5.41 Å². The molecule has 0 heterocycles. The Kier molecular flexibility index (Phi) is 9.07. The molecule has 0 radical (unpaired) electrons. The van der Waals surface area contributed by atoms with Gasteiger partial charge in [-0.3, -0.25) is 4.99 Å². The molecular formula is C58H44N2. The molecule has 8 aromatic rings. The number of aryl methyl sites for hydroxylation is 1. The molecule has 0 amide bonds. The van der Waals surface area contributed by atoms with Crippen molar-refractivity contribution in [2.75, 3.05) is 0 Å². The van der Waals surface area contributed by atoms with Gasteiger partial charge in [0.15, 0.2) is 0 Å². The molecule has 8 aromatic carbocycles. The SMILES string of the molecule is C=N/C(C)=C1/C=CC=CC1=N.Cc1cccc2c1C1(c3ccccc3-c3ccccc31)c1ccccc1C21c2ccccc2-c2ccccc21.c1ccc2ccccc2c1. The molecule has 0 aliphatic heterocycles. The molecule has 4 aliphatic rings. The minimum Gasteiger partial charge on any atom is -0.300 e. The van der Waals surface area contributed by atoms with Crippen molar-refractivity contribution in [2.45, 2.75) is 24.7 Å². The smallest absolute Gasteiger partial charge is 0.0722 e. The van der Waals surface area contributed by atoms with Crippen molar-refractivity contribution in [2.24, 2.45) is 4.99 Å². The Morgan fingerprint density at radius 1 is 0.433 bits per heavy atom. The Morgan fingerprint density at radius 3 is 1.25 bits per heavy atom. The average molecular weight is 769 g/mol. The summed E-state index contributed by atoms with van der Waals surface area (Å²) in [6.45, 7) is 7.57. The van der Waals surface area contributed by atoms with Crippen LogP contribution in [-0.2, 0) is 10.8 Å². The predicted molar refractivity (Wildman–Crippen MR) is 252 cm³/mol. The predicted octanol–water partition coefficient (Wildman–Crippen LogP) is 14.0. The summed E-state index contributed by atoms with van der Waals surface area (Å²) in [5.74, 6) is 0. The van der Waals surface area contributed by atoms with Gasteiger partial charge in [0.05, 0.1) is 16.5 Å². The maximum Gasteiger partial charge on any atom is 0.0722 e. The van der Waals surface area contributed by atoms with Crippen molar-refractivity contribution in [3.63, 3.8) is 0 Å². The lowest BCUT2D eigenvalue weighted by atomic mass is 9.51. The van der Waals surface area contributed by atoms with E-state index in [1.54, 1.807) is 6.08 Å². The summed E-state index contributed by atoms with van der Waals surface area (Å²) in [5.41, 5.74) is 19.3. The number of hydrogen-bond donors (Lipinski definition) is 1. The van der Waals surface area contributed by atoms with Crippen molar-refractivity contribution in [1.29, 1.82) is 5.41 Å². The molecule has 0 saturated carbocycles. The number of fused-ring (bicyclic) bond motifs is 17. The normalized spacial score (nSPS) is 15.6. The van der Waals surface area contributed by atoms with Gasteiger partial charge in [-0.1, -0.05) is 206 Å². The van der Waals surface area contributed by atoms with Crippen LogP contribution in [0.25, 0.3) is 33.0 Å². The van der Waals surface area contributed by atoms with Gasteiger partial charge in [-0.2, -0.15) is 0 Å². The average Bonchev–Trinajstić information content (AvgIpc) is 3.77. The third kappa shape index (κ3) is 5.34. The second-order valence-electron chi connectivity index (χ2n) is 15.9. The van der Waals surface area contributed by atoms with Crippen LogP contribution in [0.5, 0.6) is 0 Å². The summed E-state index contributed by atoms with van der Waals surface area (Å²) < 4.78 is 0. The Bertz CT molecular complexity index is 2960. The topological polar surface area (TPSA) is 36.2 Å². The maximum atomic E-state index is 7.50. The lowest BCUT2D eigenvalue weighted by Gasteiger charge is -2.49. The largest absolute Gasteiger partial charge is 0.300 e. The van der Waals surface area contributed by atoms with Crippen molar-refractivity contribution < 1.29 is 0 Å². The fourth-order valence-corrected chi connectivity index (χ4v) is 10.5. The molecular weight excluding hydrogens is 725 g/mol. The molecule has 1 N–H and O–H groups in total. The number of benzene rings is 8. The summed E-state index contributed by atoms with van der Waals surface area (Å²) in [6.07, 6.45) is 7.33. The van der Waals surface area contributed by atoms with Gasteiger partial charge < -0.3 is 5.41 Å². The van der Waals surface area contributed by atoms with Gasteiger partial charge in [-0.15, -0.1) is 0 Å². The van der Waals surface area contributed by atoms with E-state index in [1.165, 1.54) is 83.1 Å². The van der Waals surface area contributed by atoms with Crippen LogP contribution in [0.1, 0.15) is 57.0 Å². The number of allylic oxidation sites excluding steroid dienone is 6. The monoisotopic (exact) mass is 768 g/mol. The van der Waals surface area contributed by atoms with E-state index in [9.17, 15) is 0 Å². The van der Waals surface area contributed by atoms with Gasteiger partial charge in [-0.05, 0) is 110 Å². The highest BCUT2D eigenvalue weighted by Gasteiger charge is 2.59. The van der Waals surface area contributed by atoms with Crippen LogP contribution in [0, 0.1) is 12.3 Å². The van der Waals surface area contributed by atoms with Crippen molar-refractivity contribution in [3.8, 4) is 22.3 Å². The summed E-state index contributed by atoms with van der Waals surface area (Å²) in [4.78, 5) is 3.77. The van der Waals surface area contributed by atoms with E-state index in [0.29, 0.717) is 5.71 Å². The quantitative estimate of drug-likeness (QED) is 0.162. The minimum atomic E-state index is -0.373. The molecule has 12 rings (SSSR count). The molecule has 60 heavy (non-hydrogen) atoms. The van der Waals surface area contributed by atoms with E-state index < -0.39 is 0 Å². The second kappa shape index (κ2) is 14.8. The van der Waals surface area contributed by atoms with Crippen LogP contribution in [0.15, 0.2) is 229 Å². The lowest BCUT2D eigenvalue weighted by Crippen LogP contribution is -2.44. The second-order valence-corrected chi connectivity index (χ2v) is 15.9. The van der Waals surface area contributed by atoms with Crippen LogP contribution in [-0.4, -0.2) is 12.4 Å². The summed E-state index contributed by atoms with van der Waals surface area (Å²) >= 11 is 0. The molecule has 4 aliphatic carbocycles. The summed E-state index contributed by atoms with van der Waals surface area (Å²) in [5, 5.41) is 10.1. The van der Waals surface area contributed by atoms with Gasteiger partial charge in [0.25, 0.3) is 0 Å². The molecule has 2 nitrogen and oxygen atoms in total.